The third-order valence-electron chi connectivity index (χ3n) is 8.49. The van der Waals surface area contributed by atoms with Gasteiger partial charge in [-0.2, -0.15) is 4.98 Å². The van der Waals surface area contributed by atoms with Crippen LogP contribution in [0.2, 0.25) is 0 Å². The van der Waals surface area contributed by atoms with Gasteiger partial charge in [-0.3, -0.25) is 14.6 Å². The molecule has 0 unspecified atom stereocenters. The highest BCUT2D eigenvalue weighted by Crippen LogP contribution is 2.43. The van der Waals surface area contributed by atoms with E-state index in [0.717, 1.165) is 32.6 Å². The summed E-state index contributed by atoms with van der Waals surface area (Å²) >= 11 is 0. The van der Waals surface area contributed by atoms with Gasteiger partial charge in [0.15, 0.2) is 5.82 Å². The van der Waals surface area contributed by atoms with Crippen LogP contribution in [0.25, 0.3) is 0 Å². The normalized spacial score (nSPS) is 28.4. The molecule has 0 N–H and O–H groups in total. The summed E-state index contributed by atoms with van der Waals surface area (Å²) in [7, 11) is 0. The Bertz CT molecular complexity index is 829. The molecule has 0 aromatic carbocycles. The Hall–Kier alpha value is -1.61. The zero-order valence-electron chi connectivity index (χ0n) is 21.2. The van der Waals surface area contributed by atoms with E-state index in [-0.39, 0.29) is 30.2 Å². The van der Waals surface area contributed by atoms with E-state index >= 15 is 8.78 Å². The minimum absolute atomic E-state index is 0.0685. The smallest absolute Gasteiger partial charge is 0.252 e. The molecule has 2 atom stereocenters. The van der Waals surface area contributed by atoms with E-state index in [1.807, 2.05) is 6.92 Å². The maximum absolute atomic E-state index is 15.2. The molecule has 2 aliphatic heterocycles. The highest BCUT2D eigenvalue weighted by Gasteiger charge is 2.50. The van der Waals surface area contributed by atoms with Crippen LogP contribution in [0.4, 0.5) is 8.78 Å². The molecule has 34 heavy (non-hydrogen) atoms. The fourth-order valence-corrected chi connectivity index (χ4v) is 5.96. The van der Waals surface area contributed by atoms with Crippen molar-refractivity contribution in [3.05, 3.63) is 11.7 Å². The number of rotatable bonds is 6. The predicted octanol–water partition coefficient (Wildman–Crippen LogP) is 3.73. The van der Waals surface area contributed by atoms with Crippen molar-refractivity contribution in [2.24, 2.45) is 5.92 Å². The van der Waals surface area contributed by atoms with Crippen molar-refractivity contribution in [3.63, 3.8) is 0 Å². The van der Waals surface area contributed by atoms with E-state index in [2.05, 4.69) is 40.7 Å². The third-order valence-corrected chi connectivity index (χ3v) is 8.49. The van der Waals surface area contributed by atoms with E-state index in [1.54, 1.807) is 4.90 Å². The van der Waals surface area contributed by atoms with Crippen molar-refractivity contribution < 1.29 is 18.1 Å². The number of piperidine rings is 1. The molecule has 1 aliphatic carbocycles. The number of carbonyl (C=O) groups excluding carboxylic acids is 1. The van der Waals surface area contributed by atoms with Crippen LogP contribution in [0.1, 0.15) is 77.9 Å². The first-order chi connectivity index (χ1) is 16.1. The SMILES string of the molecule is CCc1nc(C2(C)CCN(C(=O)C[C@@H]3[C@@H](N4CCN(C(C)C)CC4)CCCC3(F)F)CC2)no1. The summed E-state index contributed by atoms with van der Waals surface area (Å²) in [6.07, 6.45) is 3.22. The van der Waals surface area contributed by atoms with E-state index in [1.165, 1.54) is 0 Å². The lowest BCUT2D eigenvalue weighted by Crippen LogP contribution is -2.58. The lowest BCUT2D eigenvalue weighted by molar-refractivity contribution is -0.151. The Morgan fingerprint density at radius 1 is 1.12 bits per heavy atom. The molecule has 7 nitrogen and oxygen atoms in total. The number of hydrogen-bond acceptors (Lipinski definition) is 6. The van der Waals surface area contributed by atoms with Crippen molar-refractivity contribution >= 4 is 5.91 Å². The summed E-state index contributed by atoms with van der Waals surface area (Å²) in [5, 5.41) is 4.15. The van der Waals surface area contributed by atoms with Gasteiger partial charge in [-0.05, 0) is 39.5 Å². The minimum atomic E-state index is -2.79. The first-order valence-electron chi connectivity index (χ1n) is 13.1. The number of amides is 1. The second kappa shape index (κ2) is 10.2. The standard InChI is InChI=1S/C25H41F2N5O2/c1-5-21-28-23(29-34-21)24(4)9-11-32(12-10-24)22(33)17-19-20(7-6-8-25(19,26)27)31-15-13-30(14-16-31)18(2)3/h18-20H,5-17H2,1-4H3/t19-,20+/m1/s1. The Morgan fingerprint density at radius 2 is 1.79 bits per heavy atom. The topological polar surface area (TPSA) is 65.7 Å². The lowest BCUT2D eigenvalue weighted by atomic mass is 9.77. The van der Waals surface area contributed by atoms with Gasteiger partial charge in [0.2, 0.25) is 11.8 Å². The van der Waals surface area contributed by atoms with Gasteiger partial charge in [0.1, 0.15) is 0 Å². The molecule has 1 aromatic rings. The van der Waals surface area contributed by atoms with Crippen LogP contribution in [0.15, 0.2) is 4.52 Å². The molecule has 3 heterocycles. The van der Waals surface area contributed by atoms with Crippen molar-refractivity contribution in [2.75, 3.05) is 39.3 Å². The van der Waals surface area contributed by atoms with Gasteiger partial charge in [-0.25, -0.2) is 8.78 Å². The van der Waals surface area contributed by atoms with Gasteiger partial charge < -0.3 is 9.42 Å². The predicted molar refractivity (Wildman–Crippen MR) is 126 cm³/mol. The van der Waals surface area contributed by atoms with Crippen LogP contribution in [-0.2, 0) is 16.6 Å². The Labute approximate surface area is 202 Å². The second-order valence-electron chi connectivity index (χ2n) is 11.0. The fraction of sp³-hybridized carbons (Fsp3) is 0.880. The van der Waals surface area contributed by atoms with Crippen LogP contribution in [0, 0.1) is 5.92 Å². The zero-order chi connectivity index (χ0) is 24.5. The number of alkyl halides is 2. The summed E-state index contributed by atoms with van der Waals surface area (Å²) in [5.41, 5.74) is -0.249. The molecule has 4 rings (SSSR count). The molecule has 0 bridgehead atoms. The van der Waals surface area contributed by atoms with Gasteiger partial charge in [0, 0.05) is 81.9 Å². The average Bonchev–Trinajstić information content (AvgIpc) is 3.31. The molecule has 3 fully saturated rings. The summed E-state index contributed by atoms with van der Waals surface area (Å²) < 4.78 is 35.6. The second-order valence-corrected chi connectivity index (χ2v) is 11.0. The third kappa shape index (κ3) is 5.30. The first kappa shape index (κ1) is 25.5. The molecular weight excluding hydrogens is 440 g/mol. The van der Waals surface area contributed by atoms with Crippen LogP contribution in [0.5, 0.6) is 0 Å². The van der Waals surface area contributed by atoms with Crippen molar-refractivity contribution in [2.45, 2.75) is 96.1 Å². The lowest BCUT2D eigenvalue weighted by Gasteiger charge is -2.47. The van der Waals surface area contributed by atoms with Crippen LogP contribution in [-0.4, -0.2) is 88.0 Å². The van der Waals surface area contributed by atoms with Gasteiger partial charge in [0.05, 0.1) is 0 Å². The summed E-state index contributed by atoms with van der Waals surface area (Å²) in [4.78, 5) is 24.1. The Morgan fingerprint density at radius 3 is 2.38 bits per heavy atom. The maximum atomic E-state index is 15.2. The van der Waals surface area contributed by atoms with Gasteiger partial charge >= 0.3 is 0 Å². The van der Waals surface area contributed by atoms with Crippen molar-refractivity contribution in [3.8, 4) is 0 Å². The summed E-state index contributed by atoms with van der Waals surface area (Å²) in [5.74, 6) is -2.52. The molecule has 192 valence electrons. The van der Waals surface area contributed by atoms with Crippen molar-refractivity contribution in [1.29, 1.82) is 0 Å². The minimum Gasteiger partial charge on any atom is -0.343 e. The average molecular weight is 482 g/mol. The number of halogens is 2. The molecule has 1 aromatic heterocycles. The number of likely N-dealkylation sites (tertiary alicyclic amines) is 1. The Kier molecular flexibility index (Phi) is 7.62. The highest BCUT2D eigenvalue weighted by atomic mass is 19.3. The number of aryl methyl sites for hydroxylation is 1. The number of aromatic nitrogens is 2. The van der Waals surface area contributed by atoms with Crippen LogP contribution < -0.4 is 0 Å². The molecule has 1 saturated carbocycles. The molecule has 9 heteroatoms. The Balaban J connectivity index is 1.38. The van der Waals surface area contributed by atoms with Gasteiger partial charge in [0.25, 0.3) is 5.92 Å². The molecule has 1 amide bonds. The molecule has 3 aliphatic rings. The first-order valence-corrected chi connectivity index (χ1v) is 13.1. The van der Waals surface area contributed by atoms with Gasteiger partial charge in [-0.1, -0.05) is 19.0 Å². The quantitative estimate of drug-likeness (QED) is 0.617. The number of hydrogen-bond donors (Lipinski definition) is 0. The van der Waals surface area contributed by atoms with E-state index in [4.69, 9.17) is 4.52 Å². The van der Waals surface area contributed by atoms with Gasteiger partial charge in [-0.15, -0.1) is 0 Å². The maximum Gasteiger partial charge on any atom is 0.252 e. The van der Waals surface area contributed by atoms with Crippen molar-refractivity contribution in [1.82, 2.24) is 24.8 Å². The summed E-state index contributed by atoms with van der Waals surface area (Å²) in [6.45, 7) is 12.9. The number of carbonyl (C=O) groups is 1. The molecule has 0 radical (unpaired) electrons. The molecule has 0 spiro atoms. The monoisotopic (exact) mass is 481 g/mol. The largest absolute Gasteiger partial charge is 0.343 e. The van der Waals surface area contributed by atoms with Crippen LogP contribution >= 0.6 is 0 Å². The number of nitrogens with zero attached hydrogens (tertiary/aromatic N) is 5. The molecule has 2 saturated heterocycles. The van der Waals surface area contributed by atoms with E-state index < -0.39 is 11.8 Å². The fourth-order valence-electron chi connectivity index (χ4n) is 5.96. The summed E-state index contributed by atoms with van der Waals surface area (Å²) in [6, 6.07) is 0.252. The highest BCUT2D eigenvalue weighted by molar-refractivity contribution is 5.76. The van der Waals surface area contributed by atoms with E-state index in [9.17, 15) is 4.79 Å². The molecular formula is C25H41F2N5O2. The van der Waals surface area contributed by atoms with Crippen LogP contribution in [0.3, 0.4) is 0 Å². The number of piperazine rings is 1. The zero-order valence-corrected chi connectivity index (χ0v) is 21.2. The van der Waals surface area contributed by atoms with E-state index in [0.29, 0.717) is 56.5 Å².